The number of halogens is 5. The Labute approximate surface area is 149 Å². The lowest BCUT2D eigenvalue weighted by Crippen LogP contribution is -2.34. The molecule has 1 heterocycles. The second-order valence-electron chi connectivity index (χ2n) is 5.51. The fraction of sp³-hybridized carbons (Fsp3) is 0.375. The van der Waals surface area contributed by atoms with Gasteiger partial charge in [0.1, 0.15) is 12.4 Å². The summed E-state index contributed by atoms with van der Waals surface area (Å²) in [4.78, 5) is 16.1. The number of hydrogen-bond acceptors (Lipinski definition) is 5. The van der Waals surface area contributed by atoms with Gasteiger partial charge >= 0.3 is 6.18 Å². The maximum absolute atomic E-state index is 13.4. The maximum atomic E-state index is 13.4. The number of rotatable bonds is 7. The van der Waals surface area contributed by atoms with E-state index in [1.807, 2.05) is 0 Å². The predicted molar refractivity (Wildman–Crippen MR) is 83.5 cm³/mol. The summed E-state index contributed by atoms with van der Waals surface area (Å²) in [5.74, 6) is -3.89. The van der Waals surface area contributed by atoms with Crippen molar-refractivity contribution in [1.29, 1.82) is 0 Å². The Bertz CT molecular complexity index is 851. The van der Waals surface area contributed by atoms with Crippen LogP contribution in [0.15, 0.2) is 35.5 Å². The van der Waals surface area contributed by atoms with E-state index in [1.165, 1.54) is 7.11 Å². The number of aromatic nitrogens is 2. The van der Waals surface area contributed by atoms with Crippen molar-refractivity contribution in [3.63, 3.8) is 0 Å². The normalized spacial score (nSPS) is 12.3. The van der Waals surface area contributed by atoms with E-state index in [1.54, 1.807) is 0 Å². The molecular formula is C16H15F5N2O4. The van der Waals surface area contributed by atoms with Crippen LogP contribution in [0, 0.1) is 0 Å². The third-order valence-electron chi connectivity index (χ3n) is 3.47. The van der Waals surface area contributed by atoms with Crippen molar-refractivity contribution in [3.8, 4) is 16.9 Å². The smallest absolute Gasteiger partial charge is 0.416 e. The van der Waals surface area contributed by atoms with Crippen LogP contribution in [0.5, 0.6) is 5.75 Å². The van der Waals surface area contributed by atoms with Crippen LogP contribution in [0.4, 0.5) is 22.0 Å². The summed E-state index contributed by atoms with van der Waals surface area (Å²) >= 11 is 0. The van der Waals surface area contributed by atoms with Crippen LogP contribution in [0.25, 0.3) is 11.1 Å². The van der Waals surface area contributed by atoms with E-state index < -0.39 is 43.2 Å². The number of methoxy groups -OCH3 is 1. The summed E-state index contributed by atoms with van der Waals surface area (Å²) in [6, 6.07) is 2.39. The van der Waals surface area contributed by atoms with Gasteiger partial charge in [-0.3, -0.25) is 9.36 Å². The van der Waals surface area contributed by atoms with Crippen molar-refractivity contribution in [2.75, 3.05) is 20.5 Å². The first kappa shape index (κ1) is 20.8. The Morgan fingerprint density at radius 3 is 2.48 bits per heavy atom. The molecule has 0 atom stereocenters. The van der Waals surface area contributed by atoms with E-state index in [4.69, 9.17) is 9.84 Å². The molecule has 0 aliphatic heterocycles. The quantitative estimate of drug-likeness (QED) is 0.577. The molecule has 0 unspecified atom stereocenters. The average molecular weight is 394 g/mol. The molecule has 0 spiro atoms. The van der Waals surface area contributed by atoms with Crippen molar-refractivity contribution < 1.29 is 36.5 Å². The summed E-state index contributed by atoms with van der Waals surface area (Å²) in [5.41, 5.74) is -2.26. The molecule has 11 heteroatoms. The Morgan fingerprint density at radius 1 is 1.19 bits per heavy atom. The summed E-state index contributed by atoms with van der Waals surface area (Å²) in [7, 11) is 1.25. The Kier molecular flexibility index (Phi) is 6.16. The first-order chi connectivity index (χ1) is 12.6. The Morgan fingerprint density at radius 2 is 1.89 bits per heavy atom. The molecule has 0 aliphatic carbocycles. The number of nitrogens with zero attached hydrogens (tertiary/aromatic N) is 2. The molecule has 0 bridgehead atoms. The number of alkyl halides is 5. The van der Waals surface area contributed by atoms with E-state index in [9.17, 15) is 26.7 Å². The van der Waals surface area contributed by atoms with Crippen LogP contribution in [0.1, 0.15) is 5.56 Å². The van der Waals surface area contributed by atoms with Gasteiger partial charge in [0.05, 0.1) is 24.0 Å². The molecule has 148 valence electrons. The monoisotopic (exact) mass is 394 g/mol. The third kappa shape index (κ3) is 5.01. The Hall–Kier alpha value is -2.53. The van der Waals surface area contributed by atoms with Crippen LogP contribution >= 0.6 is 0 Å². The standard InChI is InChI=1S/C16H15F5N2O4/c1-26-9-27-13-4-10(16(19,20)21)2-3-11(13)12-5-22-8-23(14(12)25)6-15(17,18)7-24/h2-5,8,24H,6-7,9H2,1H3. The number of aliphatic hydroxyl groups excluding tert-OH is 1. The Balaban J connectivity index is 2.55. The maximum Gasteiger partial charge on any atom is 0.416 e. The number of benzene rings is 1. The van der Waals surface area contributed by atoms with Gasteiger partial charge in [-0.15, -0.1) is 0 Å². The number of ether oxygens (including phenoxy) is 2. The first-order valence-electron chi connectivity index (χ1n) is 7.45. The number of hydrogen-bond donors (Lipinski definition) is 1. The molecule has 27 heavy (non-hydrogen) atoms. The molecule has 0 amide bonds. The van der Waals surface area contributed by atoms with Crippen LogP contribution in [-0.2, 0) is 17.5 Å². The minimum absolute atomic E-state index is 0.0702. The fourth-order valence-electron chi connectivity index (χ4n) is 2.21. The predicted octanol–water partition coefficient (Wildman–Crippen LogP) is 2.54. The van der Waals surface area contributed by atoms with Gasteiger partial charge < -0.3 is 14.6 Å². The summed E-state index contributed by atoms with van der Waals surface area (Å²) in [5, 5.41) is 8.65. The van der Waals surface area contributed by atoms with Crippen LogP contribution in [-0.4, -0.2) is 41.1 Å². The van der Waals surface area contributed by atoms with Gasteiger partial charge in [-0.05, 0) is 18.2 Å². The van der Waals surface area contributed by atoms with Crippen molar-refractivity contribution in [1.82, 2.24) is 9.55 Å². The minimum Gasteiger partial charge on any atom is -0.467 e. The lowest BCUT2D eigenvalue weighted by atomic mass is 10.0. The summed E-state index contributed by atoms with van der Waals surface area (Å²) in [6.45, 7) is -3.02. The lowest BCUT2D eigenvalue weighted by molar-refractivity contribution is -0.137. The summed E-state index contributed by atoms with van der Waals surface area (Å²) < 4.78 is 75.9. The van der Waals surface area contributed by atoms with E-state index in [0.29, 0.717) is 10.6 Å². The minimum atomic E-state index is -4.65. The third-order valence-corrected chi connectivity index (χ3v) is 3.47. The highest BCUT2D eigenvalue weighted by molar-refractivity contribution is 5.69. The lowest BCUT2D eigenvalue weighted by Gasteiger charge is -2.17. The molecular weight excluding hydrogens is 379 g/mol. The van der Waals surface area contributed by atoms with Gasteiger partial charge in [0.2, 0.25) is 0 Å². The van der Waals surface area contributed by atoms with Crippen LogP contribution < -0.4 is 10.3 Å². The van der Waals surface area contributed by atoms with Crippen molar-refractivity contribution in [3.05, 3.63) is 46.6 Å². The fourth-order valence-corrected chi connectivity index (χ4v) is 2.21. The van der Waals surface area contributed by atoms with Crippen LogP contribution in [0.2, 0.25) is 0 Å². The zero-order chi connectivity index (χ0) is 20.2. The highest BCUT2D eigenvalue weighted by atomic mass is 19.4. The second-order valence-corrected chi connectivity index (χ2v) is 5.51. The topological polar surface area (TPSA) is 73.6 Å². The van der Waals surface area contributed by atoms with Crippen molar-refractivity contribution >= 4 is 0 Å². The largest absolute Gasteiger partial charge is 0.467 e. The average Bonchev–Trinajstić information content (AvgIpc) is 2.61. The first-order valence-corrected chi connectivity index (χ1v) is 7.45. The molecule has 0 radical (unpaired) electrons. The van der Waals surface area contributed by atoms with E-state index in [0.717, 1.165) is 24.7 Å². The SMILES string of the molecule is COCOc1cc(C(F)(F)F)ccc1-c1cncn(CC(F)(F)CO)c1=O. The molecule has 0 saturated carbocycles. The van der Waals surface area contributed by atoms with Gasteiger partial charge in [0.25, 0.3) is 11.5 Å². The molecule has 0 saturated heterocycles. The number of aliphatic hydroxyl groups is 1. The highest BCUT2D eigenvalue weighted by Gasteiger charge is 2.32. The van der Waals surface area contributed by atoms with Crippen molar-refractivity contribution in [2.24, 2.45) is 0 Å². The zero-order valence-electron chi connectivity index (χ0n) is 14.0. The van der Waals surface area contributed by atoms with E-state index in [-0.39, 0.29) is 16.9 Å². The molecule has 2 aromatic rings. The molecule has 1 N–H and O–H groups in total. The molecule has 1 aromatic heterocycles. The van der Waals surface area contributed by atoms with Crippen LogP contribution in [0.3, 0.4) is 0 Å². The molecule has 0 aliphatic rings. The van der Waals surface area contributed by atoms with E-state index >= 15 is 0 Å². The second kappa shape index (κ2) is 8.01. The van der Waals surface area contributed by atoms with E-state index in [2.05, 4.69) is 9.72 Å². The summed E-state index contributed by atoms with van der Waals surface area (Å²) in [6.07, 6.45) is -2.78. The molecule has 1 aromatic carbocycles. The molecule has 2 rings (SSSR count). The van der Waals surface area contributed by atoms with Gasteiger partial charge in [-0.2, -0.15) is 13.2 Å². The zero-order valence-corrected chi connectivity index (χ0v) is 14.0. The van der Waals surface area contributed by atoms with Crippen molar-refractivity contribution in [2.45, 2.75) is 18.6 Å². The highest BCUT2D eigenvalue weighted by Crippen LogP contribution is 2.36. The molecule has 6 nitrogen and oxygen atoms in total. The van der Waals surface area contributed by atoms with Gasteiger partial charge in [0.15, 0.2) is 6.79 Å². The van der Waals surface area contributed by atoms with Gasteiger partial charge in [0, 0.05) is 18.9 Å². The van der Waals surface area contributed by atoms with Gasteiger partial charge in [-0.1, -0.05) is 0 Å². The van der Waals surface area contributed by atoms with Gasteiger partial charge in [-0.25, -0.2) is 13.8 Å². The molecule has 0 fully saturated rings.